The molecule has 2 aromatic carbocycles. The number of benzene rings is 2. The number of hydrogen-bond donors (Lipinski definition) is 1. The lowest BCUT2D eigenvalue weighted by Gasteiger charge is -2.12. The summed E-state index contributed by atoms with van der Waals surface area (Å²) in [4.78, 5) is 21.6. The number of amides is 1. The second-order valence-electron chi connectivity index (χ2n) is 5.81. The topological polar surface area (TPSA) is 73.3 Å². The minimum atomic E-state index is -0.463. The van der Waals surface area contributed by atoms with Crippen molar-refractivity contribution < 1.29 is 14.3 Å². The predicted molar refractivity (Wildman–Crippen MR) is 102 cm³/mol. The van der Waals surface area contributed by atoms with E-state index >= 15 is 0 Å². The van der Waals surface area contributed by atoms with Crippen molar-refractivity contribution in [2.75, 3.05) is 19.5 Å². The summed E-state index contributed by atoms with van der Waals surface area (Å²) < 4.78 is 10.5. The first-order chi connectivity index (χ1) is 12.4. The summed E-state index contributed by atoms with van der Waals surface area (Å²) in [6, 6.07) is 8.77. The lowest BCUT2D eigenvalue weighted by molar-refractivity contribution is 0.101. The van der Waals surface area contributed by atoms with E-state index in [0.29, 0.717) is 27.5 Å². The molecule has 0 spiro atoms. The number of carbonyl (C=O) groups excluding carboxylic acids is 1. The number of nitrogens with one attached hydrogen (secondary N) is 1. The van der Waals surface area contributed by atoms with Crippen LogP contribution in [0.3, 0.4) is 0 Å². The van der Waals surface area contributed by atoms with Crippen LogP contribution in [-0.2, 0) is 0 Å². The first-order valence-electron chi connectivity index (χ1n) is 7.91. The Bertz CT molecular complexity index is 1000. The third kappa shape index (κ3) is 3.41. The summed E-state index contributed by atoms with van der Waals surface area (Å²) in [5.74, 6) is 0.177. The van der Waals surface area contributed by atoms with Gasteiger partial charge in [-0.2, -0.15) is 0 Å². The number of halogens is 1. The largest absolute Gasteiger partial charge is 0.495 e. The quantitative estimate of drug-likeness (QED) is 0.745. The molecule has 0 unspecified atom stereocenters. The zero-order valence-corrected chi connectivity index (χ0v) is 15.6. The summed E-state index contributed by atoms with van der Waals surface area (Å²) in [7, 11) is 2.97. The predicted octanol–water partition coefficient (Wildman–Crippen LogP) is 4.17. The van der Waals surface area contributed by atoms with Crippen LogP contribution in [0.2, 0.25) is 5.02 Å². The number of fused-ring (bicyclic) bond motifs is 1. The highest BCUT2D eigenvalue weighted by atomic mass is 35.5. The van der Waals surface area contributed by atoms with Gasteiger partial charge in [-0.3, -0.25) is 4.79 Å². The number of hydrogen-bond acceptors (Lipinski definition) is 5. The van der Waals surface area contributed by atoms with Gasteiger partial charge in [-0.25, -0.2) is 9.97 Å². The van der Waals surface area contributed by atoms with Gasteiger partial charge in [0.1, 0.15) is 5.75 Å². The molecule has 1 N–H and O–H groups in total. The van der Waals surface area contributed by atoms with Crippen LogP contribution in [0.15, 0.2) is 30.3 Å². The van der Waals surface area contributed by atoms with Crippen molar-refractivity contribution in [3.8, 4) is 11.6 Å². The molecule has 6 nitrogen and oxygen atoms in total. The number of ether oxygens (including phenoxy) is 2. The van der Waals surface area contributed by atoms with Crippen molar-refractivity contribution >= 4 is 34.2 Å². The average Bonchev–Trinajstić information content (AvgIpc) is 2.62. The lowest BCUT2D eigenvalue weighted by Crippen LogP contribution is -2.16. The van der Waals surface area contributed by atoms with Gasteiger partial charge in [0.2, 0.25) is 5.88 Å². The highest BCUT2D eigenvalue weighted by molar-refractivity contribution is 6.31. The summed E-state index contributed by atoms with van der Waals surface area (Å²) in [6.45, 7) is 3.98. The fraction of sp³-hybridized carbons (Fsp3) is 0.211. The standard InChI is InChI=1S/C19H18ClN3O3/c1-10-7-13-14(8-11(10)2)23-19(26-4)17(21-13)18(24)22-15-9-12(20)5-6-16(15)25-3/h5-9H,1-4H3,(H,22,24). The van der Waals surface area contributed by atoms with Crippen LogP contribution in [0, 0.1) is 13.8 Å². The zero-order chi connectivity index (χ0) is 18.8. The van der Waals surface area contributed by atoms with Gasteiger partial charge in [-0.05, 0) is 55.3 Å². The number of carbonyl (C=O) groups is 1. The molecule has 0 atom stereocenters. The van der Waals surface area contributed by atoms with Gasteiger partial charge in [0.25, 0.3) is 5.91 Å². The van der Waals surface area contributed by atoms with Crippen molar-refractivity contribution in [1.29, 1.82) is 0 Å². The van der Waals surface area contributed by atoms with Gasteiger partial charge in [0.15, 0.2) is 5.69 Å². The monoisotopic (exact) mass is 371 g/mol. The molecule has 1 heterocycles. The molecule has 0 bridgehead atoms. The van der Waals surface area contributed by atoms with E-state index in [1.54, 1.807) is 18.2 Å². The molecular weight excluding hydrogens is 354 g/mol. The van der Waals surface area contributed by atoms with E-state index in [2.05, 4.69) is 15.3 Å². The first-order valence-corrected chi connectivity index (χ1v) is 8.28. The van der Waals surface area contributed by atoms with Crippen LogP contribution in [0.1, 0.15) is 21.6 Å². The molecule has 0 saturated heterocycles. The minimum absolute atomic E-state index is 0.0882. The summed E-state index contributed by atoms with van der Waals surface area (Å²) in [6.07, 6.45) is 0. The first kappa shape index (κ1) is 17.9. The van der Waals surface area contributed by atoms with Gasteiger partial charge in [-0.15, -0.1) is 0 Å². The molecule has 0 radical (unpaired) electrons. The molecular formula is C19H18ClN3O3. The second-order valence-corrected chi connectivity index (χ2v) is 6.24. The maximum absolute atomic E-state index is 12.8. The van der Waals surface area contributed by atoms with E-state index in [9.17, 15) is 4.79 Å². The molecule has 134 valence electrons. The van der Waals surface area contributed by atoms with Crippen LogP contribution in [0.5, 0.6) is 11.6 Å². The molecule has 0 aliphatic heterocycles. The van der Waals surface area contributed by atoms with E-state index < -0.39 is 5.91 Å². The fourth-order valence-corrected chi connectivity index (χ4v) is 2.72. The van der Waals surface area contributed by atoms with Gasteiger partial charge in [0.05, 0.1) is 30.9 Å². The molecule has 0 aliphatic rings. The number of nitrogens with zero attached hydrogens (tertiary/aromatic N) is 2. The fourth-order valence-electron chi connectivity index (χ4n) is 2.55. The van der Waals surface area contributed by atoms with Crippen molar-refractivity contribution in [2.24, 2.45) is 0 Å². The van der Waals surface area contributed by atoms with Crippen molar-refractivity contribution in [3.63, 3.8) is 0 Å². The average molecular weight is 372 g/mol. The van der Waals surface area contributed by atoms with Gasteiger partial charge in [0, 0.05) is 5.02 Å². The van der Waals surface area contributed by atoms with E-state index in [1.165, 1.54) is 14.2 Å². The van der Waals surface area contributed by atoms with Crippen LogP contribution >= 0.6 is 11.6 Å². The summed E-state index contributed by atoms with van der Waals surface area (Å²) in [5, 5.41) is 3.23. The Morgan fingerprint density at radius 1 is 1.00 bits per heavy atom. The maximum Gasteiger partial charge on any atom is 0.280 e. The second kappa shape index (κ2) is 7.17. The Balaban J connectivity index is 2.05. The minimum Gasteiger partial charge on any atom is -0.495 e. The van der Waals surface area contributed by atoms with Crippen LogP contribution in [0.25, 0.3) is 11.0 Å². The molecule has 3 rings (SSSR count). The Hall–Kier alpha value is -2.86. The van der Waals surface area contributed by atoms with E-state index in [1.807, 2.05) is 26.0 Å². The number of anilines is 1. The molecule has 0 fully saturated rings. The zero-order valence-electron chi connectivity index (χ0n) is 14.9. The van der Waals surface area contributed by atoms with E-state index in [-0.39, 0.29) is 11.6 Å². The third-order valence-corrected chi connectivity index (χ3v) is 4.30. The SMILES string of the molecule is COc1ccc(Cl)cc1NC(=O)c1nc2cc(C)c(C)cc2nc1OC. The molecule has 0 saturated carbocycles. The number of aromatic nitrogens is 2. The van der Waals surface area contributed by atoms with Gasteiger partial charge >= 0.3 is 0 Å². The summed E-state index contributed by atoms with van der Waals surface area (Å²) >= 11 is 6.01. The van der Waals surface area contributed by atoms with E-state index in [4.69, 9.17) is 21.1 Å². The Kier molecular flexibility index (Phi) is 4.95. The molecule has 3 aromatic rings. The van der Waals surface area contributed by atoms with Crippen molar-refractivity contribution in [2.45, 2.75) is 13.8 Å². The Labute approximate surface area is 156 Å². The number of rotatable bonds is 4. The lowest BCUT2D eigenvalue weighted by atomic mass is 10.1. The normalized spacial score (nSPS) is 10.7. The third-order valence-electron chi connectivity index (χ3n) is 4.07. The van der Waals surface area contributed by atoms with Crippen molar-refractivity contribution in [1.82, 2.24) is 9.97 Å². The molecule has 7 heteroatoms. The Morgan fingerprint density at radius 3 is 2.27 bits per heavy atom. The highest BCUT2D eigenvalue weighted by Gasteiger charge is 2.19. The van der Waals surface area contributed by atoms with Gasteiger partial charge in [-0.1, -0.05) is 11.6 Å². The number of aryl methyl sites for hydroxylation is 2. The highest BCUT2D eigenvalue weighted by Crippen LogP contribution is 2.29. The van der Waals surface area contributed by atoms with Crippen LogP contribution in [-0.4, -0.2) is 30.1 Å². The van der Waals surface area contributed by atoms with Crippen LogP contribution < -0.4 is 14.8 Å². The maximum atomic E-state index is 12.8. The molecule has 1 amide bonds. The summed E-state index contributed by atoms with van der Waals surface area (Å²) in [5.41, 5.74) is 3.98. The molecule has 1 aromatic heterocycles. The molecule has 0 aliphatic carbocycles. The van der Waals surface area contributed by atoms with Crippen molar-refractivity contribution in [3.05, 3.63) is 52.2 Å². The van der Waals surface area contributed by atoms with E-state index in [0.717, 1.165) is 11.1 Å². The smallest absolute Gasteiger partial charge is 0.280 e. The van der Waals surface area contributed by atoms with Crippen LogP contribution in [0.4, 0.5) is 5.69 Å². The molecule has 26 heavy (non-hydrogen) atoms. The Morgan fingerprint density at radius 2 is 1.65 bits per heavy atom. The number of methoxy groups -OCH3 is 2. The van der Waals surface area contributed by atoms with Gasteiger partial charge < -0.3 is 14.8 Å².